The number of carbonyl (C=O) groups excluding carboxylic acids is 1. The normalized spacial score (nSPS) is 11.9. The quantitative estimate of drug-likeness (QED) is 0.909. The molecule has 0 radical (unpaired) electrons. The van der Waals surface area contributed by atoms with Gasteiger partial charge < -0.3 is 11.1 Å². The van der Waals surface area contributed by atoms with Crippen LogP contribution in [0.5, 0.6) is 0 Å². The van der Waals surface area contributed by atoms with Crippen LogP contribution in [0.2, 0.25) is 5.02 Å². The molecule has 0 saturated heterocycles. The molecule has 2 rings (SSSR count). The number of anilines is 1. The molecule has 0 spiro atoms. The van der Waals surface area contributed by atoms with Crippen LogP contribution in [0.3, 0.4) is 0 Å². The van der Waals surface area contributed by atoms with E-state index in [1.54, 1.807) is 0 Å². The van der Waals surface area contributed by atoms with E-state index >= 15 is 0 Å². The molecule has 0 aliphatic rings. The van der Waals surface area contributed by atoms with Crippen LogP contribution in [0, 0.1) is 5.82 Å². The minimum atomic E-state index is -0.504. The van der Waals surface area contributed by atoms with Crippen molar-refractivity contribution in [3.63, 3.8) is 0 Å². The largest absolute Gasteiger partial charge is 0.329 e. The van der Waals surface area contributed by atoms with Gasteiger partial charge in [-0.15, -0.1) is 0 Å². The van der Waals surface area contributed by atoms with Crippen LogP contribution in [0.15, 0.2) is 48.5 Å². The third kappa shape index (κ3) is 3.35. The van der Waals surface area contributed by atoms with Crippen LogP contribution in [0.1, 0.15) is 11.5 Å². The molecule has 1 amide bonds. The van der Waals surface area contributed by atoms with Gasteiger partial charge in [0, 0.05) is 6.54 Å². The van der Waals surface area contributed by atoms with Gasteiger partial charge in [0.15, 0.2) is 0 Å². The summed E-state index contributed by atoms with van der Waals surface area (Å²) in [7, 11) is 0. The van der Waals surface area contributed by atoms with Gasteiger partial charge in [-0.3, -0.25) is 4.79 Å². The first-order chi connectivity index (χ1) is 9.61. The maximum absolute atomic E-state index is 13.2. The van der Waals surface area contributed by atoms with Crippen molar-refractivity contribution in [2.75, 3.05) is 11.9 Å². The Morgan fingerprint density at radius 2 is 1.95 bits per heavy atom. The summed E-state index contributed by atoms with van der Waals surface area (Å²) in [5.41, 5.74) is 6.71. The number of carbonyl (C=O) groups is 1. The molecule has 2 aromatic carbocycles. The molecule has 3 N–H and O–H groups in total. The number of hydrogen-bond donors (Lipinski definition) is 2. The van der Waals surface area contributed by atoms with Crippen molar-refractivity contribution < 1.29 is 9.18 Å². The first-order valence-corrected chi connectivity index (χ1v) is 6.50. The molecule has 0 bridgehead atoms. The third-order valence-electron chi connectivity index (χ3n) is 2.94. The molecule has 2 aromatic rings. The highest BCUT2D eigenvalue weighted by Gasteiger charge is 2.19. The number of amides is 1. The molecular weight excluding hydrogens is 279 g/mol. The molecule has 0 saturated carbocycles. The Balaban J connectivity index is 2.20. The fraction of sp³-hybridized carbons (Fsp3) is 0.133. The Bertz CT molecular complexity index is 604. The first kappa shape index (κ1) is 14.5. The van der Waals surface area contributed by atoms with Crippen molar-refractivity contribution in [3.05, 3.63) is 64.9 Å². The second-order valence-corrected chi connectivity index (χ2v) is 4.72. The molecule has 0 heterocycles. The molecule has 20 heavy (non-hydrogen) atoms. The van der Waals surface area contributed by atoms with E-state index in [1.807, 2.05) is 30.3 Å². The first-order valence-electron chi connectivity index (χ1n) is 6.12. The predicted molar refractivity (Wildman–Crippen MR) is 78.3 cm³/mol. The van der Waals surface area contributed by atoms with Crippen LogP contribution in [-0.2, 0) is 4.79 Å². The summed E-state index contributed by atoms with van der Waals surface area (Å²) in [6.07, 6.45) is 0. The van der Waals surface area contributed by atoms with Gasteiger partial charge in [-0.1, -0.05) is 41.9 Å². The van der Waals surface area contributed by atoms with Crippen molar-refractivity contribution >= 4 is 23.2 Å². The minimum absolute atomic E-state index is 0.156. The monoisotopic (exact) mass is 292 g/mol. The summed E-state index contributed by atoms with van der Waals surface area (Å²) in [4.78, 5) is 12.2. The maximum Gasteiger partial charge on any atom is 0.233 e. The van der Waals surface area contributed by atoms with E-state index in [2.05, 4.69) is 5.32 Å². The van der Waals surface area contributed by atoms with E-state index in [0.29, 0.717) is 0 Å². The molecular formula is C15H14ClFN2O. The van der Waals surface area contributed by atoms with Gasteiger partial charge in [-0.25, -0.2) is 4.39 Å². The number of benzene rings is 2. The van der Waals surface area contributed by atoms with Crippen molar-refractivity contribution in [1.82, 2.24) is 0 Å². The highest BCUT2D eigenvalue weighted by Crippen LogP contribution is 2.24. The molecule has 0 aliphatic heterocycles. The van der Waals surface area contributed by atoms with Gasteiger partial charge in [0.05, 0.1) is 16.6 Å². The van der Waals surface area contributed by atoms with Crippen molar-refractivity contribution in [2.24, 2.45) is 5.73 Å². The van der Waals surface area contributed by atoms with Gasteiger partial charge in [0.1, 0.15) is 5.82 Å². The van der Waals surface area contributed by atoms with E-state index in [9.17, 15) is 9.18 Å². The smallest absolute Gasteiger partial charge is 0.233 e. The minimum Gasteiger partial charge on any atom is -0.329 e. The van der Waals surface area contributed by atoms with Crippen LogP contribution < -0.4 is 11.1 Å². The molecule has 3 nitrogen and oxygen atoms in total. The van der Waals surface area contributed by atoms with Gasteiger partial charge in [-0.2, -0.15) is 0 Å². The second kappa shape index (κ2) is 6.50. The number of halogens is 2. The molecule has 0 aromatic heterocycles. The molecule has 1 atom stereocenters. The molecule has 0 aliphatic carbocycles. The van der Waals surface area contributed by atoms with Gasteiger partial charge >= 0.3 is 0 Å². The van der Waals surface area contributed by atoms with Gasteiger partial charge in [0.2, 0.25) is 5.91 Å². The Hall–Kier alpha value is -1.91. The summed E-state index contributed by atoms with van der Waals surface area (Å²) < 4.78 is 13.2. The molecule has 0 fully saturated rings. The number of rotatable bonds is 4. The van der Waals surface area contributed by atoms with Crippen molar-refractivity contribution in [2.45, 2.75) is 5.92 Å². The lowest BCUT2D eigenvalue weighted by Gasteiger charge is -2.16. The van der Waals surface area contributed by atoms with Crippen molar-refractivity contribution in [1.29, 1.82) is 0 Å². The Morgan fingerprint density at radius 1 is 1.25 bits per heavy atom. The number of nitrogens with two attached hydrogens (primary N) is 1. The Labute approximate surface area is 121 Å². The lowest BCUT2D eigenvalue weighted by Crippen LogP contribution is -2.27. The van der Waals surface area contributed by atoms with Crippen LogP contribution in [0.25, 0.3) is 0 Å². The topological polar surface area (TPSA) is 55.1 Å². The highest BCUT2D eigenvalue weighted by atomic mass is 35.5. The van der Waals surface area contributed by atoms with Crippen molar-refractivity contribution in [3.8, 4) is 0 Å². The molecule has 5 heteroatoms. The fourth-order valence-electron chi connectivity index (χ4n) is 1.89. The summed E-state index contributed by atoms with van der Waals surface area (Å²) in [6, 6.07) is 13.0. The number of nitrogens with one attached hydrogen (secondary N) is 1. The summed E-state index contributed by atoms with van der Waals surface area (Å²) >= 11 is 5.92. The Morgan fingerprint density at radius 3 is 2.60 bits per heavy atom. The third-order valence-corrected chi connectivity index (χ3v) is 3.27. The van der Waals surface area contributed by atoms with Crippen LogP contribution >= 0.6 is 11.6 Å². The molecule has 104 valence electrons. The second-order valence-electron chi connectivity index (χ2n) is 4.31. The lowest BCUT2D eigenvalue weighted by molar-refractivity contribution is -0.117. The SMILES string of the molecule is NCC(C(=O)Nc1cc(F)ccc1Cl)c1ccccc1. The number of hydrogen-bond acceptors (Lipinski definition) is 2. The molecule has 1 unspecified atom stereocenters. The summed E-state index contributed by atoms with van der Waals surface area (Å²) in [5.74, 6) is -1.28. The standard InChI is InChI=1S/C15H14ClFN2O/c16-13-7-6-11(17)8-14(13)19-15(20)12(9-18)10-4-2-1-3-5-10/h1-8,12H,9,18H2,(H,19,20). The van der Waals surface area contributed by atoms with Crippen LogP contribution in [0.4, 0.5) is 10.1 Å². The summed E-state index contributed by atoms with van der Waals surface area (Å²) in [6.45, 7) is 0.156. The van der Waals surface area contributed by atoms with E-state index in [1.165, 1.54) is 18.2 Å². The average molecular weight is 293 g/mol. The van der Waals surface area contributed by atoms with Gasteiger partial charge in [0.25, 0.3) is 0 Å². The van der Waals surface area contributed by atoms with E-state index in [-0.39, 0.29) is 23.2 Å². The Kier molecular flexibility index (Phi) is 4.71. The lowest BCUT2D eigenvalue weighted by atomic mass is 9.98. The van der Waals surface area contributed by atoms with E-state index in [0.717, 1.165) is 5.56 Å². The zero-order valence-electron chi connectivity index (χ0n) is 10.6. The predicted octanol–water partition coefficient (Wildman–Crippen LogP) is 3.16. The summed E-state index contributed by atoms with van der Waals surface area (Å²) in [5, 5.41) is 2.89. The van der Waals surface area contributed by atoms with E-state index < -0.39 is 11.7 Å². The average Bonchev–Trinajstić information content (AvgIpc) is 2.45. The fourth-order valence-corrected chi connectivity index (χ4v) is 2.06. The highest BCUT2D eigenvalue weighted by molar-refractivity contribution is 6.33. The zero-order valence-corrected chi connectivity index (χ0v) is 11.4. The van der Waals surface area contributed by atoms with Crippen LogP contribution in [-0.4, -0.2) is 12.5 Å². The maximum atomic E-state index is 13.2. The van der Waals surface area contributed by atoms with E-state index in [4.69, 9.17) is 17.3 Å². The van der Waals surface area contributed by atoms with Gasteiger partial charge in [-0.05, 0) is 23.8 Å². The zero-order chi connectivity index (χ0) is 14.5.